The number of hydrogen-bond acceptors (Lipinski definition) is 6. The van der Waals surface area contributed by atoms with Crippen LogP contribution in [0.3, 0.4) is 0 Å². The summed E-state index contributed by atoms with van der Waals surface area (Å²) in [6.07, 6.45) is 6.28. The van der Waals surface area contributed by atoms with Crippen LogP contribution in [0, 0.1) is 17.2 Å². The molecule has 2 amide bonds. The lowest BCUT2D eigenvalue weighted by Crippen LogP contribution is -2.44. The number of nitrogens with zero attached hydrogens (tertiary/aromatic N) is 6. The summed E-state index contributed by atoms with van der Waals surface area (Å²) in [6.45, 7) is 5.98. The van der Waals surface area contributed by atoms with Crippen LogP contribution in [-0.2, 0) is 11.3 Å². The number of benzene rings is 2. The van der Waals surface area contributed by atoms with Crippen molar-refractivity contribution in [3.8, 4) is 6.07 Å². The van der Waals surface area contributed by atoms with Crippen molar-refractivity contribution >= 4 is 34.5 Å². The zero-order valence-electron chi connectivity index (χ0n) is 23.6. The lowest BCUT2D eigenvalue weighted by atomic mass is 9.88. The van der Waals surface area contributed by atoms with Gasteiger partial charge < -0.3 is 19.3 Å². The third-order valence-electron chi connectivity index (χ3n) is 8.36. The molecule has 1 saturated heterocycles. The molecule has 40 heavy (non-hydrogen) atoms. The van der Waals surface area contributed by atoms with Gasteiger partial charge >= 0.3 is 0 Å². The number of carbonyl (C=O) groups excluding carboxylic acids is 2. The predicted octanol–water partition coefficient (Wildman–Crippen LogP) is 4.34. The van der Waals surface area contributed by atoms with Crippen molar-refractivity contribution in [3.05, 3.63) is 53.6 Å². The number of fused-ring (bicyclic) bond motifs is 1. The van der Waals surface area contributed by atoms with Gasteiger partial charge in [0.25, 0.3) is 5.91 Å². The minimum absolute atomic E-state index is 0.0869. The van der Waals surface area contributed by atoms with Crippen molar-refractivity contribution in [1.29, 1.82) is 5.26 Å². The van der Waals surface area contributed by atoms with Gasteiger partial charge in [0.2, 0.25) is 11.9 Å². The Hall–Kier alpha value is -3.74. The lowest BCUT2D eigenvalue weighted by molar-refractivity contribution is -0.123. The zero-order chi connectivity index (χ0) is 28.1. The monoisotopic (exact) mass is 541 g/mol. The van der Waals surface area contributed by atoms with Crippen LogP contribution < -0.4 is 10.2 Å². The summed E-state index contributed by atoms with van der Waals surface area (Å²) >= 11 is 0. The highest BCUT2D eigenvalue weighted by Gasteiger charge is 2.25. The molecule has 210 valence electrons. The van der Waals surface area contributed by atoms with E-state index >= 15 is 0 Å². The number of nitriles is 1. The molecule has 2 aliphatic rings. The van der Waals surface area contributed by atoms with Crippen LogP contribution in [-0.4, -0.2) is 78.0 Å². The van der Waals surface area contributed by atoms with Gasteiger partial charge in [-0.3, -0.25) is 14.9 Å². The van der Waals surface area contributed by atoms with Crippen LogP contribution in [0.25, 0.3) is 11.0 Å². The fourth-order valence-electron chi connectivity index (χ4n) is 5.79. The molecule has 0 unspecified atom stereocenters. The molecule has 0 bridgehead atoms. The summed E-state index contributed by atoms with van der Waals surface area (Å²) in [7, 11) is 4.00. The van der Waals surface area contributed by atoms with Gasteiger partial charge in [-0.25, -0.2) is 4.98 Å². The molecule has 1 saturated carbocycles. The number of piperazine rings is 1. The van der Waals surface area contributed by atoms with Crippen molar-refractivity contribution in [1.82, 2.24) is 19.4 Å². The summed E-state index contributed by atoms with van der Waals surface area (Å²) in [6, 6.07) is 14.6. The first kappa shape index (κ1) is 27.8. The van der Waals surface area contributed by atoms with Crippen molar-refractivity contribution in [2.24, 2.45) is 5.92 Å². The third kappa shape index (κ3) is 6.35. The standard InChI is InChI=1S/C31H39N7O2/c1-35-17-19-37(20-18-35)15-6-16-38-28-14-13-26(36(2)30(40)25-7-4-3-5-8-25)21-27(28)33-31(38)34-29(39)24-11-9-23(22-32)10-12-24/h9-14,21,25H,3-8,15-20H2,1-2H3,(H,33,34,39). The Morgan fingerprint density at radius 2 is 1.75 bits per heavy atom. The van der Waals surface area contributed by atoms with Gasteiger partial charge in [0.1, 0.15) is 0 Å². The van der Waals surface area contributed by atoms with E-state index in [1.807, 2.05) is 25.2 Å². The quantitative estimate of drug-likeness (QED) is 0.456. The second kappa shape index (κ2) is 12.6. The van der Waals surface area contributed by atoms with Crippen molar-refractivity contribution in [2.75, 3.05) is 57.0 Å². The smallest absolute Gasteiger partial charge is 0.257 e. The maximum absolute atomic E-state index is 13.2. The van der Waals surface area contributed by atoms with Crippen LogP contribution in [0.15, 0.2) is 42.5 Å². The summed E-state index contributed by atoms with van der Waals surface area (Å²) in [4.78, 5) is 37.7. The Kier molecular flexibility index (Phi) is 8.78. The number of anilines is 2. The highest BCUT2D eigenvalue weighted by molar-refractivity contribution is 6.04. The molecule has 0 atom stereocenters. The van der Waals surface area contributed by atoms with Gasteiger partial charge in [-0.05, 0) is 75.3 Å². The Morgan fingerprint density at radius 3 is 2.45 bits per heavy atom. The van der Waals surface area contributed by atoms with Crippen LogP contribution in [0.5, 0.6) is 0 Å². The largest absolute Gasteiger partial charge is 0.315 e. The molecule has 9 nitrogen and oxygen atoms in total. The third-order valence-corrected chi connectivity index (χ3v) is 8.36. The van der Waals surface area contributed by atoms with E-state index in [0.717, 1.165) is 81.5 Å². The molecule has 1 aliphatic carbocycles. The molecule has 2 aromatic carbocycles. The molecule has 3 aromatic rings. The highest BCUT2D eigenvalue weighted by atomic mass is 16.2. The first-order valence-corrected chi connectivity index (χ1v) is 14.4. The number of aryl methyl sites for hydroxylation is 1. The second-order valence-electron chi connectivity index (χ2n) is 11.1. The van der Waals surface area contributed by atoms with Crippen molar-refractivity contribution in [2.45, 2.75) is 45.1 Å². The zero-order valence-corrected chi connectivity index (χ0v) is 23.6. The number of hydrogen-bond donors (Lipinski definition) is 1. The Bertz CT molecular complexity index is 1380. The van der Waals surface area contributed by atoms with Gasteiger partial charge in [0, 0.05) is 56.9 Å². The SMILES string of the molecule is CN1CCN(CCCn2c(NC(=O)c3ccc(C#N)cc3)nc3cc(N(C)C(=O)C4CCCCC4)ccc32)CC1. The molecule has 0 spiro atoms. The lowest BCUT2D eigenvalue weighted by Gasteiger charge is -2.32. The summed E-state index contributed by atoms with van der Waals surface area (Å²) in [5.41, 5.74) is 3.46. The van der Waals surface area contributed by atoms with Gasteiger partial charge in [-0.15, -0.1) is 0 Å². The second-order valence-corrected chi connectivity index (χ2v) is 11.1. The molecule has 2 heterocycles. The van der Waals surface area contributed by atoms with E-state index < -0.39 is 0 Å². The number of aromatic nitrogens is 2. The van der Waals surface area contributed by atoms with Gasteiger partial charge in [-0.2, -0.15) is 5.26 Å². The first-order valence-electron chi connectivity index (χ1n) is 14.4. The van der Waals surface area contributed by atoms with Crippen LogP contribution >= 0.6 is 0 Å². The minimum atomic E-state index is -0.273. The van der Waals surface area contributed by atoms with Gasteiger partial charge in [-0.1, -0.05) is 19.3 Å². The first-order chi connectivity index (χ1) is 19.4. The normalized spacial score (nSPS) is 17.0. The topological polar surface area (TPSA) is 97.5 Å². The number of nitrogens with one attached hydrogen (secondary N) is 1. The fourth-order valence-corrected chi connectivity index (χ4v) is 5.79. The molecule has 9 heteroatoms. The molecule has 2 fully saturated rings. The average molecular weight is 542 g/mol. The van der Waals surface area contributed by atoms with Crippen LogP contribution in [0.4, 0.5) is 11.6 Å². The van der Waals surface area contributed by atoms with Crippen LogP contribution in [0.2, 0.25) is 0 Å². The number of likely N-dealkylation sites (N-methyl/N-ethyl adjacent to an activating group) is 1. The van der Waals surface area contributed by atoms with Crippen molar-refractivity contribution in [3.63, 3.8) is 0 Å². The number of rotatable bonds is 8. The maximum atomic E-state index is 13.2. The van der Waals surface area contributed by atoms with Crippen molar-refractivity contribution < 1.29 is 9.59 Å². The van der Waals surface area contributed by atoms with Gasteiger partial charge in [0.15, 0.2) is 0 Å². The summed E-state index contributed by atoms with van der Waals surface area (Å²) in [5.74, 6) is 0.468. The van der Waals surface area contributed by atoms with E-state index in [1.165, 1.54) is 6.42 Å². The fraction of sp³-hybridized carbons (Fsp3) is 0.484. The molecule has 1 N–H and O–H groups in total. The Morgan fingerprint density at radius 1 is 1.02 bits per heavy atom. The van der Waals surface area contributed by atoms with E-state index in [1.54, 1.807) is 29.2 Å². The minimum Gasteiger partial charge on any atom is -0.315 e. The molecule has 1 aromatic heterocycles. The number of amides is 2. The molecule has 1 aliphatic heterocycles. The maximum Gasteiger partial charge on any atom is 0.257 e. The van der Waals surface area contributed by atoms with Gasteiger partial charge in [0.05, 0.1) is 22.7 Å². The summed E-state index contributed by atoms with van der Waals surface area (Å²) in [5, 5.41) is 12.1. The van der Waals surface area contributed by atoms with E-state index in [4.69, 9.17) is 10.2 Å². The van der Waals surface area contributed by atoms with Crippen LogP contribution in [0.1, 0.15) is 54.4 Å². The average Bonchev–Trinajstić information content (AvgIpc) is 3.33. The van der Waals surface area contributed by atoms with E-state index in [-0.39, 0.29) is 17.7 Å². The molecular formula is C31H39N7O2. The summed E-state index contributed by atoms with van der Waals surface area (Å²) < 4.78 is 2.07. The number of carbonyl (C=O) groups is 2. The highest BCUT2D eigenvalue weighted by Crippen LogP contribution is 2.29. The Labute approximate surface area is 236 Å². The van der Waals surface area contributed by atoms with E-state index in [9.17, 15) is 9.59 Å². The van der Waals surface area contributed by atoms with E-state index in [0.29, 0.717) is 23.6 Å². The predicted molar refractivity (Wildman–Crippen MR) is 157 cm³/mol. The van der Waals surface area contributed by atoms with E-state index in [2.05, 4.69) is 32.8 Å². The number of imidazole rings is 1. The molecular weight excluding hydrogens is 502 g/mol. The Balaban J connectivity index is 1.37. The molecule has 0 radical (unpaired) electrons. The molecule has 5 rings (SSSR count).